The summed E-state index contributed by atoms with van der Waals surface area (Å²) in [7, 11) is 0. The maximum atomic E-state index is 9.34. The van der Waals surface area contributed by atoms with E-state index in [1.54, 1.807) is 13.8 Å². The van der Waals surface area contributed by atoms with E-state index < -0.39 is 40.3 Å². The Morgan fingerprint density at radius 1 is 0.742 bits per heavy atom. The van der Waals surface area contributed by atoms with E-state index >= 15 is 0 Å². The summed E-state index contributed by atoms with van der Waals surface area (Å²) in [4.78, 5) is 0. The molecule has 2 N–H and O–H groups in total. The third-order valence-corrected chi connectivity index (χ3v) is 4.93. The Morgan fingerprint density at radius 2 is 1.06 bits per heavy atom. The van der Waals surface area contributed by atoms with Gasteiger partial charge in [0.1, 0.15) is 6.29 Å². The summed E-state index contributed by atoms with van der Waals surface area (Å²) in [5.41, 5.74) is 0. The average molecular weight is 613 g/mol. The van der Waals surface area contributed by atoms with E-state index in [4.69, 9.17) is 47.0 Å². The van der Waals surface area contributed by atoms with Crippen LogP contribution in [0.1, 0.15) is 66.7 Å². The Morgan fingerprint density at radius 3 is 1.23 bits per heavy atom. The van der Waals surface area contributed by atoms with Gasteiger partial charge in [-0.05, 0) is 19.3 Å². The van der Waals surface area contributed by atoms with Gasteiger partial charge >= 0.3 is 41.4 Å². The first-order chi connectivity index (χ1) is 13.7. The predicted molar refractivity (Wildman–Crippen MR) is 104 cm³/mol. The van der Waals surface area contributed by atoms with Crippen molar-refractivity contribution < 1.29 is 76.3 Å². The Kier molecular flexibility index (Phi) is 44.1. The summed E-state index contributed by atoms with van der Waals surface area (Å²) in [6, 6.07) is 0. The molecule has 0 radical (unpaired) electrons. The third-order valence-electron chi connectivity index (χ3n) is 2.75. The van der Waals surface area contributed by atoms with E-state index in [1.807, 2.05) is 20.8 Å². The quantitative estimate of drug-likeness (QED) is 0.237. The normalized spacial score (nSPS) is 13.5. The van der Waals surface area contributed by atoms with Gasteiger partial charge < -0.3 is 37.3 Å². The number of rotatable bonds is 10. The fourth-order valence-electron chi connectivity index (χ4n) is 0.959. The third kappa shape index (κ3) is 31.8. The van der Waals surface area contributed by atoms with Gasteiger partial charge in [0.05, 0.1) is 35.6 Å². The molecule has 0 aromatic rings. The van der Waals surface area contributed by atoms with Crippen LogP contribution in [-0.4, -0.2) is 52.1 Å². The zero-order chi connectivity index (χ0) is 23.2. The summed E-state index contributed by atoms with van der Waals surface area (Å²) >= 11 is 13.0. The topological polar surface area (TPSA) is 179 Å². The minimum Gasteiger partial charge on any atom is -0.865 e. The van der Waals surface area contributed by atoms with Crippen LogP contribution in [0.25, 0.3) is 0 Å². The van der Waals surface area contributed by atoms with Crippen LogP contribution in [0.2, 0.25) is 0 Å². The van der Waals surface area contributed by atoms with Crippen LogP contribution < -0.4 is 20.4 Å². The minimum atomic E-state index is -1.88. The van der Waals surface area contributed by atoms with Gasteiger partial charge in [-0.25, -0.2) is 25.4 Å². The molecule has 186 valence electrons. The van der Waals surface area contributed by atoms with Gasteiger partial charge in [0.2, 0.25) is 0 Å². The molecule has 0 aromatic heterocycles. The summed E-state index contributed by atoms with van der Waals surface area (Å²) in [6.07, 6.45) is -1.61. The maximum Gasteiger partial charge on any atom is 4.00 e. The van der Waals surface area contributed by atoms with Gasteiger partial charge in [-0.15, -0.1) is 0 Å². The Balaban J connectivity index is -0.000000103. The van der Waals surface area contributed by atoms with Crippen molar-refractivity contribution in [2.45, 2.75) is 98.2 Å². The molecule has 1 atom stereocenters. The first-order valence-electron chi connectivity index (χ1n) is 9.10. The first kappa shape index (κ1) is 43.0. The smallest absolute Gasteiger partial charge is 0.865 e. The van der Waals surface area contributed by atoms with Gasteiger partial charge in [0.25, 0.3) is 0 Å². The minimum absolute atomic E-state index is 0. The summed E-state index contributed by atoms with van der Waals surface area (Å²) in [5, 5.41) is 37.4. The molecule has 1 aliphatic heterocycles. The van der Waals surface area contributed by atoms with E-state index in [0.29, 0.717) is 12.8 Å². The Labute approximate surface area is 224 Å². The molecule has 16 heteroatoms. The summed E-state index contributed by atoms with van der Waals surface area (Å²) in [6.45, 7) is 8.90. The van der Waals surface area contributed by atoms with Crippen LogP contribution >= 0.6 is 35.6 Å². The molecular weight excluding hydrogens is 581 g/mol. The van der Waals surface area contributed by atoms with Crippen molar-refractivity contribution in [2.75, 3.05) is 0 Å². The predicted octanol–water partition coefficient (Wildman–Crippen LogP) is -0.200. The van der Waals surface area contributed by atoms with Gasteiger partial charge in [-0.2, -0.15) is 0 Å². The number of hydrogen-bond acceptors (Lipinski definition) is 10. The molecule has 0 amide bonds. The van der Waals surface area contributed by atoms with Crippen LogP contribution in [0.4, 0.5) is 0 Å². The SMILES string of the molecule is CCC(OCl)OCl.CCC(OCl)[O][Al]1[O]C(CC)[O]1.CCC([O-])[O-].CCC([O-])[O-].O.[Zr+4]. The molecule has 1 rings (SSSR count). The monoisotopic (exact) mass is 610 g/mol. The number of hydrogen-bond donors (Lipinski definition) is 0. The van der Waals surface area contributed by atoms with Crippen molar-refractivity contribution in [2.24, 2.45) is 0 Å². The van der Waals surface area contributed by atoms with E-state index in [9.17, 15) is 20.4 Å². The van der Waals surface area contributed by atoms with Gasteiger partial charge in [-0.1, -0.05) is 47.5 Å². The molecule has 0 aliphatic carbocycles. The maximum absolute atomic E-state index is 9.34. The fourth-order valence-corrected chi connectivity index (χ4v) is 3.08. The second-order valence-electron chi connectivity index (χ2n) is 5.15. The summed E-state index contributed by atoms with van der Waals surface area (Å²) in [5.74, 6) is 0. The molecule has 1 fully saturated rings. The van der Waals surface area contributed by atoms with Crippen LogP contribution in [0, 0.1) is 0 Å². The van der Waals surface area contributed by atoms with E-state index in [2.05, 4.69) is 12.9 Å². The second-order valence-corrected chi connectivity index (χ2v) is 7.08. The fraction of sp³-hybridized carbons (Fsp3) is 1.00. The molecule has 1 saturated heterocycles. The van der Waals surface area contributed by atoms with Crippen molar-refractivity contribution in [1.82, 2.24) is 0 Å². The van der Waals surface area contributed by atoms with Crippen molar-refractivity contribution in [1.29, 1.82) is 0 Å². The zero-order valence-electron chi connectivity index (χ0n) is 18.2. The molecule has 31 heavy (non-hydrogen) atoms. The largest absolute Gasteiger partial charge is 4.00 e. The zero-order valence-corrected chi connectivity index (χ0v) is 24.1. The molecular formula is C15H32AlCl3O11Zr. The van der Waals surface area contributed by atoms with Gasteiger partial charge in [0, 0.05) is 0 Å². The van der Waals surface area contributed by atoms with Crippen LogP contribution in [0.5, 0.6) is 0 Å². The molecule has 0 spiro atoms. The second kappa shape index (κ2) is 31.8. The van der Waals surface area contributed by atoms with Gasteiger partial charge in [0.15, 0.2) is 12.6 Å². The molecule has 0 aromatic carbocycles. The van der Waals surface area contributed by atoms with Crippen molar-refractivity contribution >= 4 is 50.7 Å². The van der Waals surface area contributed by atoms with Crippen molar-refractivity contribution in [3.05, 3.63) is 0 Å². The summed E-state index contributed by atoms with van der Waals surface area (Å²) < 4.78 is 28.6. The first-order valence-corrected chi connectivity index (χ1v) is 11.4. The van der Waals surface area contributed by atoms with Crippen molar-refractivity contribution in [3.63, 3.8) is 0 Å². The molecule has 1 aliphatic rings. The molecule has 0 bridgehead atoms. The molecule has 1 unspecified atom stereocenters. The van der Waals surface area contributed by atoms with E-state index in [-0.39, 0.29) is 50.8 Å². The molecule has 1 heterocycles. The number of halogens is 3. The van der Waals surface area contributed by atoms with E-state index in [1.165, 1.54) is 0 Å². The standard InChI is InChI=1S/C3H6Cl2O2.C3H6ClO2.3C3H6O2.Al.H2O.Zr/c1-2-3(6-4)7-5;1-2-3(5)6-4;3*1-2-3(4)5;;;/h3H,2H2,1H3;3H,2H2,1H3;3*3H,2H2,1H3;;1H2;/q;-1;3*-2;+3;;+4. The van der Waals surface area contributed by atoms with E-state index in [0.717, 1.165) is 6.42 Å². The van der Waals surface area contributed by atoms with Gasteiger partial charge in [-0.3, -0.25) is 0 Å². The van der Waals surface area contributed by atoms with Crippen LogP contribution in [0.3, 0.4) is 0 Å². The van der Waals surface area contributed by atoms with Crippen molar-refractivity contribution in [3.8, 4) is 0 Å². The average Bonchev–Trinajstić information content (AvgIpc) is 2.70. The Hall–Kier alpha value is 1.85. The molecule has 11 nitrogen and oxygen atoms in total. The van der Waals surface area contributed by atoms with Crippen LogP contribution in [0.15, 0.2) is 0 Å². The molecule has 0 saturated carbocycles. The van der Waals surface area contributed by atoms with Crippen LogP contribution in [-0.2, 0) is 50.4 Å². The Bertz CT molecular complexity index is 302.